The van der Waals surface area contributed by atoms with Crippen LogP contribution in [0, 0.1) is 5.82 Å². The van der Waals surface area contributed by atoms with Crippen molar-refractivity contribution in [1.82, 2.24) is 0 Å². The Labute approximate surface area is 117 Å². The highest BCUT2D eigenvalue weighted by molar-refractivity contribution is 14.1. The third-order valence-electron chi connectivity index (χ3n) is 2.50. The molecule has 0 saturated carbocycles. The maximum atomic E-state index is 13.6. The molecule has 18 heavy (non-hydrogen) atoms. The van der Waals surface area contributed by atoms with Crippen LogP contribution in [-0.4, -0.2) is 17.2 Å². The molecule has 102 valence electrons. The van der Waals surface area contributed by atoms with E-state index < -0.39 is 30.6 Å². The summed E-state index contributed by atoms with van der Waals surface area (Å²) in [5.74, 6) is -0.469. The molecule has 1 rings (SSSR count). The predicted molar refractivity (Wildman–Crippen MR) is 69.3 cm³/mol. The molecule has 0 aliphatic heterocycles. The van der Waals surface area contributed by atoms with Crippen LogP contribution < -0.4 is 0 Å². The minimum atomic E-state index is -4.26. The van der Waals surface area contributed by atoms with Crippen molar-refractivity contribution in [3.8, 4) is 0 Å². The number of alkyl halides is 4. The second-order valence-electron chi connectivity index (χ2n) is 4.06. The summed E-state index contributed by atoms with van der Waals surface area (Å²) >= 11 is 1.97. The van der Waals surface area contributed by atoms with Crippen LogP contribution in [0.5, 0.6) is 0 Å². The molecule has 0 heterocycles. The van der Waals surface area contributed by atoms with Crippen LogP contribution in [0.1, 0.15) is 18.9 Å². The van der Waals surface area contributed by atoms with E-state index in [0.29, 0.717) is 4.43 Å². The van der Waals surface area contributed by atoms with Gasteiger partial charge in [0, 0.05) is 9.99 Å². The lowest BCUT2D eigenvalue weighted by Gasteiger charge is -2.29. The second-order valence-corrected chi connectivity index (χ2v) is 4.82. The van der Waals surface area contributed by atoms with E-state index in [9.17, 15) is 17.6 Å². The minimum absolute atomic E-state index is 0.279. The number of hydrogen-bond donors (Lipinski definition) is 0. The van der Waals surface area contributed by atoms with E-state index in [1.165, 1.54) is 18.2 Å². The number of halogens is 5. The van der Waals surface area contributed by atoms with Crippen molar-refractivity contribution in [2.75, 3.05) is 11.0 Å². The molecule has 0 saturated heterocycles. The van der Waals surface area contributed by atoms with E-state index in [0.717, 1.165) is 0 Å². The van der Waals surface area contributed by atoms with Gasteiger partial charge in [0.1, 0.15) is 11.4 Å². The van der Waals surface area contributed by atoms with Crippen LogP contribution in [0.4, 0.5) is 17.6 Å². The average molecular weight is 376 g/mol. The molecule has 1 aromatic rings. The van der Waals surface area contributed by atoms with Crippen LogP contribution in [0.3, 0.4) is 0 Å². The highest BCUT2D eigenvalue weighted by Crippen LogP contribution is 2.31. The molecule has 0 spiro atoms. The molecule has 0 amide bonds. The lowest BCUT2D eigenvalue weighted by atomic mass is 9.97. The molecule has 0 fully saturated rings. The zero-order chi connectivity index (χ0) is 13.8. The minimum Gasteiger partial charge on any atom is -0.369 e. The maximum absolute atomic E-state index is 13.6. The molecule has 1 aromatic carbocycles. The van der Waals surface area contributed by atoms with E-state index >= 15 is 0 Å². The number of benzene rings is 1. The Bertz CT molecular complexity index is 394. The molecular formula is C12H13F4IO. The fourth-order valence-corrected chi connectivity index (χ4v) is 2.10. The van der Waals surface area contributed by atoms with Crippen LogP contribution in [0.15, 0.2) is 24.3 Å². The normalized spacial score (nSPS) is 15.4. The Morgan fingerprint density at radius 3 is 2.33 bits per heavy atom. The van der Waals surface area contributed by atoms with Gasteiger partial charge in [0.05, 0.1) is 13.0 Å². The zero-order valence-electron chi connectivity index (χ0n) is 9.73. The van der Waals surface area contributed by atoms with Gasteiger partial charge in [-0.25, -0.2) is 4.39 Å². The van der Waals surface area contributed by atoms with Crippen molar-refractivity contribution in [3.05, 3.63) is 35.6 Å². The largest absolute Gasteiger partial charge is 0.391 e. The fourth-order valence-electron chi connectivity index (χ4n) is 1.47. The van der Waals surface area contributed by atoms with E-state index in [1.54, 1.807) is 13.0 Å². The molecule has 0 bridgehead atoms. The van der Waals surface area contributed by atoms with E-state index in [4.69, 9.17) is 4.74 Å². The Morgan fingerprint density at radius 1 is 1.22 bits per heavy atom. The predicted octanol–water partition coefficient (Wildman–Crippen LogP) is 4.44. The van der Waals surface area contributed by atoms with Gasteiger partial charge in [0.25, 0.3) is 0 Å². The molecular weight excluding hydrogens is 363 g/mol. The Balaban J connectivity index is 2.77. The summed E-state index contributed by atoms with van der Waals surface area (Å²) in [5.41, 5.74) is -0.765. The summed E-state index contributed by atoms with van der Waals surface area (Å²) in [5, 5.41) is 0. The van der Waals surface area contributed by atoms with Gasteiger partial charge in [-0.3, -0.25) is 0 Å². The first-order valence-electron chi connectivity index (χ1n) is 5.30. The Kier molecular flexibility index (Phi) is 5.39. The molecule has 6 heteroatoms. The second kappa shape index (κ2) is 6.18. The SMILES string of the molecule is CC(CI)(OCCC(F)(F)F)c1ccccc1F. The van der Waals surface area contributed by atoms with Crippen LogP contribution in [0.25, 0.3) is 0 Å². The lowest BCUT2D eigenvalue weighted by Crippen LogP contribution is -2.30. The first-order valence-corrected chi connectivity index (χ1v) is 6.83. The highest BCUT2D eigenvalue weighted by Gasteiger charge is 2.32. The average Bonchev–Trinajstić information content (AvgIpc) is 2.27. The van der Waals surface area contributed by atoms with Gasteiger partial charge in [-0.15, -0.1) is 0 Å². The van der Waals surface area contributed by atoms with Gasteiger partial charge in [-0.1, -0.05) is 40.8 Å². The van der Waals surface area contributed by atoms with Crippen molar-refractivity contribution in [2.24, 2.45) is 0 Å². The summed E-state index contributed by atoms with van der Waals surface area (Å²) < 4.78 is 55.4. The van der Waals surface area contributed by atoms with Crippen LogP contribution in [-0.2, 0) is 10.3 Å². The summed E-state index contributed by atoms with van der Waals surface area (Å²) in [6.07, 6.45) is -5.30. The van der Waals surface area contributed by atoms with Crippen LogP contribution >= 0.6 is 22.6 Å². The molecule has 0 aromatic heterocycles. The number of rotatable bonds is 5. The van der Waals surface area contributed by atoms with E-state index in [2.05, 4.69) is 0 Å². The van der Waals surface area contributed by atoms with Crippen LogP contribution in [0.2, 0.25) is 0 Å². The molecule has 1 atom stereocenters. The van der Waals surface area contributed by atoms with Gasteiger partial charge in [0.2, 0.25) is 0 Å². The first-order chi connectivity index (χ1) is 8.28. The summed E-state index contributed by atoms with van der Waals surface area (Å²) in [7, 11) is 0. The maximum Gasteiger partial charge on any atom is 0.391 e. The van der Waals surface area contributed by atoms with Gasteiger partial charge >= 0.3 is 6.18 Å². The monoisotopic (exact) mass is 376 g/mol. The highest BCUT2D eigenvalue weighted by atomic mass is 127. The Morgan fingerprint density at radius 2 is 1.83 bits per heavy atom. The van der Waals surface area contributed by atoms with Crippen molar-refractivity contribution in [1.29, 1.82) is 0 Å². The van der Waals surface area contributed by atoms with Crippen molar-refractivity contribution in [2.45, 2.75) is 25.1 Å². The van der Waals surface area contributed by atoms with Crippen molar-refractivity contribution < 1.29 is 22.3 Å². The fraction of sp³-hybridized carbons (Fsp3) is 0.500. The molecule has 0 aliphatic carbocycles. The number of hydrogen-bond acceptors (Lipinski definition) is 1. The van der Waals surface area contributed by atoms with Crippen molar-refractivity contribution in [3.63, 3.8) is 0 Å². The lowest BCUT2D eigenvalue weighted by molar-refractivity contribution is -0.155. The molecule has 0 aliphatic rings. The summed E-state index contributed by atoms with van der Waals surface area (Å²) in [6, 6.07) is 5.97. The van der Waals surface area contributed by atoms with Gasteiger partial charge in [-0.05, 0) is 13.0 Å². The zero-order valence-corrected chi connectivity index (χ0v) is 11.9. The Hall–Kier alpha value is -0.370. The van der Waals surface area contributed by atoms with Gasteiger partial charge < -0.3 is 4.74 Å². The smallest absolute Gasteiger partial charge is 0.369 e. The first kappa shape index (κ1) is 15.7. The molecule has 1 nitrogen and oxygen atoms in total. The summed E-state index contributed by atoms with van der Waals surface area (Å²) in [4.78, 5) is 0. The van der Waals surface area contributed by atoms with Gasteiger partial charge in [0.15, 0.2) is 0 Å². The third kappa shape index (κ3) is 4.38. The quantitative estimate of drug-likeness (QED) is 0.419. The topological polar surface area (TPSA) is 9.23 Å². The standard InChI is InChI=1S/C12H13F4IO/c1-11(8-17,18-7-6-12(14,15)16)9-4-2-3-5-10(9)13/h2-5H,6-8H2,1H3. The molecule has 0 radical (unpaired) electrons. The van der Waals surface area contributed by atoms with E-state index in [1.807, 2.05) is 22.6 Å². The van der Waals surface area contributed by atoms with Gasteiger partial charge in [-0.2, -0.15) is 13.2 Å². The third-order valence-corrected chi connectivity index (χ3v) is 3.96. The molecule has 0 N–H and O–H groups in total. The van der Waals surface area contributed by atoms with Crippen molar-refractivity contribution >= 4 is 22.6 Å². The molecule has 1 unspecified atom stereocenters. The van der Waals surface area contributed by atoms with E-state index in [-0.39, 0.29) is 5.56 Å². The summed E-state index contributed by atoms with van der Waals surface area (Å²) in [6.45, 7) is 1.12. The number of ether oxygens (including phenoxy) is 1.